The van der Waals surface area contributed by atoms with Crippen LogP contribution in [-0.2, 0) is 5.41 Å². The lowest BCUT2D eigenvalue weighted by Crippen LogP contribution is -2.34. The molecule has 2 aromatic carbocycles. The van der Waals surface area contributed by atoms with Gasteiger partial charge < -0.3 is 29.1 Å². The molecule has 2 atom stereocenters. The second kappa shape index (κ2) is 8.35. The summed E-state index contributed by atoms with van der Waals surface area (Å²) >= 11 is 0. The van der Waals surface area contributed by atoms with E-state index >= 15 is 0 Å². The number of H-pyrrole nitrogens is 2. The van der Waals surface area contributed by atoms with Crippen molar-refractivity contribution in [2.45, 2.75) is 18.8 Å². The summed E-state index contributed by atoms with van der Waals surface area (Å²) in [6.07, 6.45) is 2.35. The highest BCUT2D eigenvalue weighted by Crippen LogP contribution is 2.67. The summed E-state index contributed by atoms with van der Waals surface area (Å²) in [5, 5.41) is 0.727. The van der Waals surface area contributed by atoms with Crippen molar-refractivity contribution in [2.24, 2.45) is 5.92 Å². The molecular weight excluding hydrogens is 510 g/mol. The van der Waals surface area contributed by atoms with Gasteiger partial charge in [-0.2, -0.15) is 0 Å². The molecule has 2 aromatic heterocycles. The van der Waals surface area contributed by atoms with Crippen LogP contribution in [0.2, 0.25) is 0 Å². The monoisotopic (exact) mass is 537 g/mol. The first-order valence-electron chi connectivity index (χ1n) is 13.1. The molecule has 2 N–H and O–H groups in total. The molecular formula is C31H27N3O6. The number of benzene rings is 2. The highest BCUT2D eigenvalue weighted by molar-refractivity contribution is 6.16. The summed E-state index contributed by atoms with van der Waals surface area (Å²) < 4.78 is 16.6. The number of hydrogen-bond donors (Lipinski definition) is 2. The third-order valence-electron chi connectivity index (χ3n) is 8.56. The average Bonchev–Trinajstić information content (AvgIpc) is 3.23. The number of hydrogen-bond acceptors (Lipinski definition) is 6. The van der Waals surface area contributed by atoms with Crippen molar-refractivity contribution in [3.05, 3.63) is 88.0 Å². The van der Waals surface area contributed by atoms with E-state index in [1.54, 1.807) is 35.2 Å². The zero-order chi connectivity index (χ0) is 27.9. The number of carbonyl (C=O) groups is 3. The first kappa shape index (κ1) is 24.3. The van der Waals surface area contributed by atoms with Crippen LogP contribution < -0.4 is 14.2 Å². The van der Waals surface area contributed by atoms with E-state index in [1.807, 2.05) is 25.1 Å². The Bertz CT molecular complexity index is 1800. The molecule has 3 heterocycles. The summed E-state index contributed by atoms with van der Waals surface area (Å²) in [6.45, 7) is 2.29. The van der Waals surface area contributed by atoms with Crippen LogP contribution in [0, 0.1) is 12.8 Å². The molecule has 1 amide bonds. The van der Waals surface area contributed by atoms with Crippen LogP contribution in [0.3, 0.4) is 0 Å². The van der Waals surface area contributed by atoms with Crippen molar-refractivity contribution in [3.63, 3.8) is 0 Å². The lowest BCUT2D eigenvalue weighted by Gasteiger charge is -2.28. The topological polar surface area (TPSA) is 114 Å². The van der Waals surface area contributed by atoms with Crippen LogP contribution in [0.5, 0.6) is 17.2 Å². The van der Waals surface area contributed by atoms with Crippen LogP contribution in [0.25, 0.3) is 10.9 Å². The van der Waals surface area contributed by atoms with Gasteiger partial charge in [0.2, 0.25) is 11.5 Å². The Morgan fingerprint density at radius 2 is 1.75 bits per heavy atom. The molecule has 0 radical (unpaired) electrons. The lowest BCUT2D eigenvalue weighted by molar-refractivity contribution is 0.0806. The van der Waals surface area contributed by atoms with Gasteiger partial charge in [-0.15, -0.1) is 0 Å². The zero-order valence-corrected chi connectivity index (χ0v) is 22.5. The van der Waals surface area contributed by atoms with Crippen LogP contribution in [0.4, 0.5) is 0 Å². The van der Waals surface area contributed by atoms with Crippen LogP contribution in [0.15, 0.2) is 54.2 Å². The standard InChI is InChI=1S/C31H27N3O6/c1-15-23(27(36)16-8-6-5-7-9-16)24-26(32-15)20(35)12-22-31(24)13-18(31)14-34(22)30(37)19-10-17-11-21(38-2)28(39-3)29(40-4)25(17)33-19/h5-12,18,32-33H,13-14H2,1-4H3/t18-,31+/m1/s1. The summed E-state index contributed by atoms with van der Waals surface area (Å²) in [5.41, 5.74) is 4.01. The SMILES string of the molecule is COc1cc2cc(C(=O)N3C[C@H]4C[C@@]45C3=CC(=O)c3[nH]c(C)c(C(=O)c4ccccc4)c35)[nH]c2c(OC)c1OC. The van der Waals surface area contributed by atoms with Gasteiger partial charge in [0.25, 0.3) is 5.91 Å². The number of aryl methyl sites for hydroxylation is 1. The second-order valence-corrected chi connectivity index (χ2v) is 10.5. The number of allylic oxidation sites excluding steroid dienone is 2. The predicted octanol–water partition coefficient (Wildman–Crippen LogP) is 4.56. The number of ether oxygens (including phenoxy) is 3. The number of piperidine rings is 1. The van der Waals surface area contributed by atoms with Crippen molar-refractivity contribution in [2.75, 3.05) is 27.9 Å². The summed E-state index contributed by atoms with van der Waals surface area (Å²) in [7, 11) is 4.59. The van der Waals surface area contributed by atoms with E-state index in [-0.39, 0.29) is 23.4 Å². The van der Waals surface area contributed by atoms with E-state index in [1.165, 1.54) is 21.3 Å². The summed E-state index contributed by atoms with van der Waals surface area (Å²) in [5.74, 6) is 0.841. The number of nitrogens with one attached hydrogen (secondary N) is 2. The van der Waals surface area contributed by atoms with Gasteiger partial charge in [0.1, 0.15) is 5.69 Å². The maximum atomic E-state index is 14.0. The molecule has 1 spiro atoms. The van der Waals surface area contributed by atoms with Gasteiger partial charge >= 0.3 is 0 Å². The van der Waals surface area contributed by atoms with Gasteiger partial charge in [-0.1, -0.05) is 30.3 Å². The number of amides is 1. The number of nitrogens with zero attached hydrogens (tertiary/aromatic N) is 1. The number of aromatic amines is 2. The summed E-state index contributed by atoms with van der Waals surface area (Å²) in [4.78, 5) is 49.1. The molecule has 9 heteroatoms. The Kier molecular flexibility index (Phi) is 5.07. The second-order valence-electron chi connectivity index (χ2n) is 10.5. The van der Waals surface area contributed by atoms with Gasteiger partial charge in [0.05, 0.1) is 32.5 Å². The smallest absolute Gasteiger partial charge is 0.274 e. The highest BCUT2D eigenvalue weighted by atomic mass is 16.5. The number of methoxy groups -OCH3 is 3. The maximum Gasteiger partial charge on any atom is 0.274 e. The minimum atomic E-state index is -0.542. The fraction of sp³-hybridized carbons (Fsp3) is 0.258. The normalized spacial score (nSPS) is 20.5. The van der Waals surface area contributed by atoms with E-state index in [0.717, 1.165) is 17.4 Å². The van der Waals surface area contributed by atoms with Gasteiger partial charge in [0, 0.05) is 51.5 Å². The first-order valence-corrected chi connectivity index (χ1v) is 13.1. The van der Waals surface area contributed by atoms with Crippen molar-refractivity contribution < 1.29 is 28.6 Å². The number of fused-ring (bicyclic) bond motifs is 2. The van der Waals surface area contributed by atoms with E-state index < -0.39 is 5.41 Å². The van der Waals surface area contributed by atoms with Crippen molar-refractivity contribution in [1.29, 1.82) is 0 Å². The Labute approximate surface area is 229 Å². The number of carbonyl (C=O) groups excluding carboxylic acids is 3. The minimum absolute atomic E-state index is 0.117. The van der Waals surface area contributed by atoms with Gasteiger partial charge in [0.15, 0.2) is 17.3 Å². The van der Waals surface area contributed by atoms with Crippen LogP contribution in [-0.4, -0.2) is 60.2 Å². The Morgan fingerprint density at radius 1 is 1.00 bits per heavy atom. The minimum Gasteiger partial charge on any atom is -0.493 e. The third-order valence-corrected chi connectivity index (χ3v) is 8.56. The first-order chi connectivity index (χ1) is 19.3. The lowest BCUT2D eigenvalue weighted by atomic mass is 9.81. The van der Waals surface area contributed by atoms with E-state index in [2.05, 4.69) is 9.97 Å². The van der Waals surface area contributed by atoms with E-state index in [4.69, 9.17) is 14.2 Å². The maximum absolute atomic E-state index is 14.0. The molecule has 1 aliphatic heterocycles. The number of ketones is 2. The molecule has 4 aromatic rings. The molecule has 1 saturated heterocycles. The highest BCUT2D eigenvalue weighted by Gasteiger charge is 2.69. The number of aromatic nitrogens is 2. The molecule has 2 fully saturated rings. The summed E-state index contributed by atoms with van der Waals surface area (Å²) in [6, 6.07) is 12.6. The molecule has 202 valence electrons. The van der Waals surface area contributed by atoms with E-state index in [9.17, 15) is 14.4 Å². The van der Waals surface area contributed by atoms with E-state index in [0.29, 0.717) is 63.2 Å². The quantitative estimate of drug-likeness (QED) is 0.349. The zero-order valence-electron chi connectivity index (χ0n) is 22.5. The largest absolute Gasteiger partial charge is 0.493 e. The predicted molar refractivity (Wildman–Crippen MR) is 147 cm³/mol. The molecule has 0 bridgehead atoms. The Hall–Kier alpha value is -4.79. The fourth-order valence-corrected chi connectivity index (χ4v) is 6.73. The fourth-order valence-electron chi connectivity index (χ4n) is 6.73. The molecule has 40 heavy (non-hydrogen) atoms. The number of rotatable bonds is 6. The molecule has 7 rings (SSSR count). The van der Waals surface area contributed by atoms with Crippen LogP contribution >= 0.6 is 0 Å². The molecule has 1 saturated carbocycles. The van der Waals surface area contributed by atoms with Crippen molar-refractivity contribution in [3.8, 4) is 17.2 Å². The molecule has 9 nitrogen and oxygen atoms in total. The molecule has 3 aliphatic rings. The van der Waals surface area contributed by atoms with Gasteiger partial charge in [-0.25, -0.2) is 0 Å². The molecule has 0 unspecified atom stereocenters. The van der Waals surface area contributed by atoms with Crippen LogP contribution in [0.1, 0.15) is 54.6 Å². The Morgan fingerprint density at radius 3 is 2.45 bits per heavy atom. The molecule has 2 aliphatic carbocycles. The van der Waals surface area contributed by atoms with Gasteiger partial charge in [-0.3, -0.25) is 14.4 Å². The van der Waals surface area contributed by atoms with Crippen molar-refractivity contribution in [1.82, 2.24) is 14.9 Å². The third kappa shape index (κ3) is 3.05. The van der Waals surface area contributed by atoms with Gasteiger partial charge in [-0.05, 0) is 31.4 Å². The number of likely N-dealkylation sites (tertiary alicyclic amines) is 1. The Balaban J connectivity index is 1.30. The average molecular weight is 538 g/mol. The van der Waals surface area contributed by atoms with Crippen molar-refractivity contribution >= 4 is 28.4 Å².